The highest BCUT2D eigenvalue weighted by atomic mass is 16.6. The Hall–Kier alpha value is -1.22. The van der Waals surface area contributed by atoms with Gasteiger partial charge < -0.3 is 14.8 Å². The van der Waals surface area contributed by atoms with Gasteiger partial charge in [-0.2, -0.15) is 0 Å². The van der Waals surface area contributed by atoms with E-state index in [9.17, 15) is 0 Å². The average Bonchev–Trinajstić information content (AvgIpc) is 2.43. The predicted octanol–water partition coefficient (Wildman–Crippen LogP) is 2.45. The minimum atomic E-state index is 0.625. The van der Waals surface area contributed by atoms with Gasteiger partial charge in [0.1, 0.15) is 13.2 Å². The highest BCUT2D eigenvalue weighted by molar-refractivity contribution is 5.51. The van der Waals surface area contributed by atoms with Crippen molar-refractivity contribution < 1.29 is 9.47 Å². The third-order valence-corrected chi connectivity index (χ3v) is 3.95. The molecule has 98 valence electrons. The number of rotatable bonds is 2. The maximum Gasteiger partial charge on any atom is 0.164 e. The van der Waals surface area contributed by atoms with Crippen molar-refractivity contribution in [3.8, 4) is 11.5 Å². The van der Waals surface area contributed by atoms with Crippen LogP contribution in [-0.4, -0.2) is 25.8 Å². The Morgan fingerprint density at radius 2 is 2.11 bits per heavy atom. The molecule has 1 fully saturated rings. The van der Waals surface area contributed by atoms with Gasteiger partial charge in [0.15, 0.2) is 11.5 Å². The maximum absolute atomic E-state index is 5.74. The van der Waals surface area contributed by atoms with Gasteiger partial charge >= 0.3 is 0 Å². The van der Waals surface area contributed by atoms with Crippen LogP contribution in [-0.2, 0) is 6.42 Å². The molecule has 1 N–H and O–H groups in total. The highest BCUT2D eigenvalue weighted by Crippen LogP contribution is 2.35. The summed E-state index contributed by atoms with van der Waals surface area (Å²) in [6.07, 6.45) is 5.05. The van der Waals surface area contributed by atoms with Crippen molar-refractivity contribution in [2.24, 2.45) is 0 Å². The molecule has 0 radical (unpaired) electrons. The molecule has 18 heavy (non-hydrogen) atoms. The van der Waals surface area contributed by atoms with Gasteiger partial charge in [0.2, 0.25) is 0 Å². The molecule has 2 heterocycles. The molecule has 0 aromatic heterocycles. The standard InChI is InChI=1S/C15H21NO2/c1-11-12(10-13-4-2-3-7-16-13)5-6-14-15(11)18-9-8-17-14/h5-6,13,16H,2-4,7-10H2,1H3. The van der Waals surface area contributed by atoms with Gasteiger partial charge in [-0.25, -0.2) is 0 Å². The molecule has 0 amide bonds. The quantitative estimate of drug-likeness (QED) is 0.870. The lowest BCUT2D eigenvalue weighted by Gasteiger charge is -2.26. The molecule has 1 saturated heterocycles. The predicted molar refractivity (Wildman–Crippen MR) is 71.5 cm³/mol. The van der Waals surface area contributed by atoms with E-state index in [0.29, 0.717) is 19.3 Å². The molecule has 0 saturated carbocycles. The molecule has 3 heteroatoms. The SMILES string of the molecule is Cc1c(CC2CCCCN2)ccc2c1OCCO2. The molecule has 1 atom stereocenters. The summed E-state index contributed by atoms with van der Waals surface area (Å²) in [4.78, 5) is 0. The van der Waals surface area contributed by atoms with E-state index in [-0.39, 0.29) is 0 Å². The fourth-order valence-corrected chi connectivity index (χ4v) is 2.88. The zero-order valence-electron chi connectivity index (χ0n) is 11.0. The van der Waals surface area contributed by atoms with E-state index in [0.717, 1.165) is 24.5 Å². The van der Waals surface area contributed by atoms with E-state index >= 15 is 0 Å². The minimum absolute atomic E-state index is 0.625. The Morgan fingerprint density at radius 1 is 1.22 bits per heavy atom. The first-order valence-corrected chi connectivity index (χ1v) is 6.96. The Balaban J connectivity index is 1.79. The van der Waals surface area contributed by atoms with Gasteiger partial charge in [0, 0.05) is 6.04 Å². The molecule has 2 aliphatic heterocycles. The number of ether oxygens (including phenoxy) is 2. The Bertz CT molecular complexity index is 425. The van der Waals surface area contributed by atoms with Crippen molar-refractivity contribution in [1.82, 2.24) is 5.32 Å². The lowest BCUT2D eigenvalue weighted by atomic mass is 9.94. The summed E-state index contributed by atoms with van der Waals surface area (Å²) in [5.41, 5.74) is 2.64. The lowest BCUT2D eigenvalue weighted by molar-refractivity contribution is 0.170. The van der Waals surface area contributed by atoms with E-state index in [1.807, 2.05) is 0 Å². The summed E-state index contributed by atoms with van der Waals surface area (Å²) in [5.74, 6) is 1.86. The van der Waals surface area contributed by atoms with Crippen LogP contribution in [0.1, 0.15) is 30.4 Å². The van der Waals surface area contributed by atoms with Crippen LogP contribution in [0.2, 0.25) is 0 Å². The van der Waals surface area contributed by atoms with E-state index in [4.69, 9.17) is 9.47 Å². The number of piperidine rings is 1. The van der Waals surface area contributed by atoms with Crippen molar-refractivity contribution in [2.75, 3.05) is 19.8 Å². The fourth-order valence-electron chi connectivity index (χ4n) is 2.88. The average molecular weight is 247 g/mol. The Labute approximate surface area is 108 Å². The van der Waals surface area contributed by atoms with Gasteiger partial charge in [-0.15, -0.1) is 0 Å². The molecule has 0 aliphatic carbocycles. The summed E-state index contributed by atoms with van der Waals surface area (Å²) in [6.45, 7) is 4.63. The molecule has 1 aromatic carbocycles. The molecule has 1 aromatic rings. The van der Waals surface area contributed by atoms with Crippen molar-refractivity contribution in [3.05, 3.63) is 23.3 Å². The molecule has 1 unspecified atom stereocenters. The van der Waals surface area contributed by atoms with Gasteiger partial charge in [0.25, 0.3) is 0 Å². The summed E-state index contributed by atoms with van der Waals surface area (Å²) >= 11 is 0. The molecule has 2 aliphatic rings. The van der Waals surface area contributed by atoms with Crippen molar-refractivity contribution in [2.45, 2.75) is 38.6 Å². The fraction of sp³-hybridized carbons (Fsp3) is 0.600. The second kappa shape index (κ2) is 5.19. The molecule has 0 bridgehead atoms. The van der Waals surface area contributed by atoms with Crippen LogP contribution in [0, 0.1) is 6.92 Å². The third-order valence-electron chi connectivity index (χ3n) is 3.95. The smallest absolute Gasteiger partial charge is 0.164 e. The van der Waals surface area contributed by atoms with Gasteiger partial charge in [-0.05, 0) is 49.9 Å². The number of fused-ring (bicyclic) bond motifs is 1. The molecule has 3 nitrogen and oxygen atoms in total. The van der Waals surface area contributed by atoms with Crippen LogP contribution in [0.5, 0.6) is 11.5 Å². The monoisotopic (exact) mass is 247 g/mol. The number of hydrogen-bond acceptors (Lipinski definition) is 3. The summed E-state index contributed by atoms with van der Waals surface area (Å²) in [5, 5.41) is 3.60. The van der Waals surface area contributed by atoms with Crippen LogP contribution in [0.15, 0.2) is 12.1 Å². The Morgan fingerprint density at radius 3 is 2.94 bits per heavy atom. The number of benzene rings is 1. The van der Waals surface area contributed by atoms with Crippen LogP contribution >= 0.6 is 0 Å². The largest absolute Gasteiger partial charge is 0.486 e. The summed E-state index contributed by atoms with van der Waals surface area (Å²) in [6, 6.07) is 4.87. The van der Waals surface area contributed by atoms with E-state index in [2.05, 4.69) is 24.4 Å². The van der Waals surface area contributed by atoms with Crippen molar-refractivity contribution in [1.29, 1.82) is 0 Å². The first kappa shape index (κ1) is 11.8. The second-order valence-electron chi connectivity index (χ2n) is 5.22. The molecule has 3 rings (SSSR count). The second-order valence-corrected chi connectivity index (χ2v) is 5.22. The van der Waals surface area contributed by atoms with E-state index < -0.39 is 0 Å². The van der Waals surface area contributed by atoms with Crippen LogP contribution in [0.25, 0.3) is 0 Å². The topological polar surface area (TPSA) is 30.5 Å². The molecular formula is C15H21NO2. The van der Waals surface area contributed by atoms with Crippen LogP contribution in [0.3, 0.4) is 0 Å². The normalized spacial score (nSPS) is 22.8. The van der Waals surface area contributed by atoms with Crippen molar-refractivity contribution >= 4 is 0 Å². The first-order chi connectivity index (χ1) is 8.84. The zero-order valence-corrected chi connectivity index (χ0v) is 11.0. The van der Waals surface area contributed by atoms with Crippen LogP contribution < -0.4 is 14.8 Å². The molecule has 0 spiro atoms. The van der Waals surface area contributed by atoms with Gasteiger partial charge in [-0.1, -0.05) is 12.5 Å². The zero-order chi connectivity index (χ0) is 12.4. The summed E-state index contributed by atoms with van der Waals surface area (Å²) in [7, 11) is 0. The van der Waals surface area contributed by atoms with Gasteiger partial charge in [-0.3, -0.25) is 0 Å². The number of hydrogen-bond donors (Lipinski definition) is 1. The first-order valence-electron chi connectivity index (χ1n) is 6.96. The highest BCUT2D eigenvalue weighted by Gasteiger charge is 2.19. The summed E-state index contributed by atoms with van der Waals surface area (Å²) < 4.78 is 11.3. The Kier molecular flexibility index (Phi) is 3.41. The van der Waals surface area contributed by atoms with Crippen LogP contribution in [0.4, 0.5) is 0 Å². The maximum atomic E-state index is 5.74. The van der Waals surface area contributed by atoms with E-state index in [1.165, 1.54) is 30.4 Å². The minimum Gasteiger partial charge on any atom is -0.486 e. The van der Waals surface area contributed by atoms with Crippen molar-refractivity contribution in [3.63, 3.8) is 0 Å². The molecular weight excluding hydrogens is 226 g/mol. The lowest BCUT2D eigenvalue weighted by Crippen LogP contribution is -2.35. The van der Waals surface area contributed by atoms with E-state index in [1.54, 1.807) is 0 Å². The number of nitrogens with one attached hydrogen (secondary N) is 1. The third kappa shape index (κ3) is 2.32. The van der Waals surface area contributed by atoms with Gasteiger partial charge in [0.05, 0.1) is 0 Å².